The maximum atomic E-state index is 5.37. The second kappa shape index (κ2) is 16.4. The van der Waals surface area contributed by atoms with Crippen molar-refractivity contribution in [3.8, 4) is 78.7 Å². The Balaban J connectivity index is 0.963. The van der Waals surface area contributed by atoms with E-state index in [4.69, 9.17) is 15.0 Å². The van der Waals surface area contributed by atoms with Crippen LogP contribution in [-0.2, 0) is 5.41 Å². The Kier molecular flexibility index (Phi) is 9.59. The molecular formula is C64H41N3S. The van der Waals surface area contributed by atoms with Crippen molar-refractivity contribution in [2.75, 3.05) is 0 Å². The molecule has 0 radical (unpaired) electrons. The first kappa shape index (κ1) is 39.8. The zero-order valence-electron chi connectivity index (χ0n) is 36.9. The third kappa shape index (κ3) is 6.60. The molecule has 0 saturated carbocycles. The van der Waals surface area contributed by atoms with E-state index in [0.29, 0.717) is 17.5 Å². The first-order valence-electron chi connectivity index (χ1n) is 23.1. The van der Waals surface area contributed by atoms with E-state index in [-0.39, 0.29) is 0 Å². The molecule has 12 aromatic rings. The Morgan fingerprint density at radius 2 is 0.735 bits per heavy atom. The van der Waals surface area contributed by atoms with E-state index in [1.807, 2.05) is 17.4 Å². The number of fused-ring (bicyclic) bond motifs is 6. The summed E-state index contributed by atoms with van der Waals surface area (Å²) in [5.41, 5.74) is 16.5. The molecule has 0 bridgehead atoms. The Morgan fingerprint density at radius 3 is 1.46 bits per heavy atom. The molecule has 0 atom stereocenters. The minimum atomic E-state index is -0.554. The molecule has 2 heterocycles. The fraction of sp³-hybridized carbons (Fsp3) is 0.0156. The van der Waals surface area contributed by atoms with Crippen LogP contribution in [0.15, 0.2) is 249 Å². The number of hydrogen-bond donors (Lipinski definition) is 0. The molecule has 0 N–H and O–H groups in total. The van der Waals surface area contributed by atoms with E-state index in [9.17, 15) is 0 Å². The van der Waals surface area contributed by atoms with E-state index < -0.39 is 5.41 Å². The fourth-order valence-corrected chi connectivity index (χ4v) is 11.7. The van der Waals surface area contributed by atoms with Crippen LogP contribution in [0.1, 0.15) is 22.3 Å². The van der Waals surface area contributed by atoms with Crippen LogP contribution in [0.25, 0.3) is 98.8 Å². The molecule has 0 spiro atoms. The van der Waals surface area contributed by atoms with Gasteiger partial charge in [0.1, 0.15) is 0 Å². The fourth-order valence-electron chi connectivity index (χ4n) is 10.5. The normalized spacial score (nSPS) is 12.5. The Morgan fingerprint density at radius 1 is 0.279 bits per heavy atom. The first-order chi connectivity index (χ1) is 33.7. The van der Waals surface area contributed by atoms with Gasteiger partial charge in [0.25, 0.3) is 0 Å². The third-order valence-corrected chi connectivity index (χ3v) is 14.9. The second-order valence-corrected chi connectivity index (χ2v) is 18.5. The highest BCUT2D eigenvalue weighted by molar-refractivity contribution is 7.26. The van der Waals surface area contributed by atoms with Crippen LogP contribution in [0.4, 0.5) is 0 Å². The van der Waals surface area contributed by atoms with Crippen LogP contribution in [0.2, 0.25) is 0 Å². The number of benzene rings is 10. The quantitative estimate of drug-likeness (QED) is 0.153. The van der Waals surface area contributed by atoms with Crippen LogP contribution in [0.3, 0.4) is 0 Å². The molecule has 4 heteroatoms. The maximum Gasteiger partial charge on any atom is 0.164 e. The van der Waals surface area contributed by atoms with Gasteiger partial charge >= 0.3 is 0 Å². The predicted molar refractivity (Wildman–Crippen MR) is 283 cm³/mol. The summed E-state index contributed by atoms with van der Waals surface area (Å²) in [7, 11) is 0. The highest BCUT2D eigenvalue weighted by Crippen LogP contribution is 2.56. The molecule has 13 rings (SSSR count). The van der Waals surface area contributed by atoms with Gasteiger partial charge < -0.3 is 0 Å². The van der Waals surface area contributed by atoms with Gasteiger partial charge in [-0.2, -0.15) is 0 Å². The SMILES string of the molecule is c1ccc(-c2ccc(-c3nc(-c4cccc(-c5cccc(-c6cccc7c6sc6ccccc67)c5)c4)nc(-c4ccc5c(c4)C(c4ccccc4)(c4ccccc4)c4ccccc4-5)n3)cc2)cc1. The summed E-state index contributed by atoms with van der Waals surface area (Å²) in [6.07, 6.45) is 0. The molecule has 68 heavy (non-hydrogen) atoms. The average molecular weight is 884 g/mol. The lowest BCUT2D eigenvalue weighted by Gasteiger charge is -2.34. The number of thiophene rings is 1. The second-order valence-electron chi connectivity index (χ2n) is 17.5. The van der Waals surface area contributed by atoms with Crippen LogP contribution >= 0.6 is 11.3 Å². The molecule has 318 valence electrons. The predicted octanol–water partition coefficient (Wildman–Crippen LogP) is 16.6. The van der Waals surface area contributed by atoms with Gasteiger partial charge in [0.15, 0.2) is 17.5 Å². The molecule has 1 aliphatic carbocycles. The molecule has 10 aromatic carbocycles. The summed E-state index contributed by atoms with van der Waals surface area (Å²) in [6.45, 7) is 0. The zero-order valence-corrected chi connectivity index (χ0v) is 37.7. The van der Waals surface area contributed by atoms with Crippen molar-refractivity contribution < 1.29 is 0 Å². The monoisotopic (exact) mass is 883 g/mol. The molecule has 0 aliphatic heterocycles. The van der Waals surface area contributed by atoms with Gasteiger partial charge in [0, 0.05) is 36.9 Å². The average Bonchev–Trinajstić information content (AvgIpc) is 3.95. The molecular weight excluding hydrogens is 843 g/mol. The molecule has 0 unspecified atom stereocenters. The van der Waals surface area contributed by atoms with Crippen molar-refractivity contribution in [2.24, 2.45) is 0 Å². The largest absolute Gasteiger partial charge is 0.208 e. The van der Waals surface area contributed by atoms with Gasteiger partial charge in [-0.1, -0.05) is 224 Å². The van der Waals surface area contributed by atoms with Gasteiger partial charge in [0.05, 0.1) is 5.41 Å². The van der Waals surface area contributed by atoms with Crippen LogP contribution in [0, 0.1) is 0 Å². The third-order valence-electron chi connectivity index (χ3n) is 13.6. The van der Waals surface area contributed by atoms with Gasteiger partial charge in [-0.3, -0.25) is 0 Å². The van der Waals surface area contributed by atoms with Crippen LogP contribution < -0.4 is 0 Å². The van der Waals surface area contributed by atoms with Crippen LogP contribution in [0.5, 0.6) is 0 Å². The van der Waals surface area contributed by atoms with Gasteiger partial charge in [-0.05, 0) is 91.0 Å². The van der Waals surface area contributed by atoms with Crippen LogP contribution in [-0.4, -0.2) is 15.0 Å². The van der Waals surface area contributed by atoms with Crippen molar-refractivity contribution in [2.45, 2.75) is 5.41 Å². The number of nitrogens with zero attached hydrogens (tertiary/aromatic N) is 3. The Bertz CT molecular complexity index is 3800. The molecule has 0 amide bonds. The summed E-state index contributed by atoms with van der Waals surface area (Å²) in [6, 6.07) is 89.4. The lowest BCUT2D eigenvalue weighted by atomic mass is 9.67. The lowest BCUT2D eigenvalue weighted by Crippen LogP contribution is -2.28. The summed E-state index contributed by atoms with van der Waals surface area (Å²) in [5.74, 6) is 1.86. The van der Waals surface area contributed by atoms with Crippen molar-refractivity contribution in [1.82, 2.24) is 15.0 Å². The highest BCUT2D eigenvalue weighted by atomic mass is 32.1. The van der Waals surface area contributed by atoms with Crippen molar-refractivity contribution in [3.63, 3.8) is 0 Å². The molecule has 1 aliphatic rings. The molecule has 0 fully saturated rings. The Labute approximate surface area is 399 Å². The van der Waals surface area contributed by atoms with Gasteiger partial charge in [-0.25, -0.2) is 15.0 Å². The van der Waals surface area contributed by atoms with E-state index in [1.54, 1.807) is 0 Å². The number of aromatic nitrogens is 3. The molecule has 0 saturated heterocycles. The van der Waals surface area contributed by atoms with Crippen molar-refractivity contribution in [1.29, 1.82) is 0 Å². The lowest BCUT2D eigenvalue weighted by molar-refractivity contribution is 0.768. The van der Waals surface area contributed by atoms with Crippen molar-refractivity contribution in [3.05, 3.63) is 271 Å². The highest BCUT2D eigenvalue weighted by Gasteiger charge is 2.46. The minimum absolute atomic E-state index is 0.554. The zero-order chi connectivity index (χ0) is 45.0. The summed E-state index contributed by atoms with van der Waals surface area (Å²) in [4.78, 5) is 15.9. The van der Waals surface area contributed by atoms with E-state index in [0.717, 1.165) is 38.9 Å². The smallest absolute Gasteiger partial charge is 0.164 e. The molecule has 3 nitrogen and oxygen atoms in total. The van der Waals surface area contributed by atoms with Gasteiger partial charge in [0.2, 0.25) is 0 Å². The van der Waals surface area contributed by atoms with E-state index in [1.165, 1.54) is 64.7 Å². The topological polar surface area (TPSA) is 38.7 Å². The summed E-state index contributed by atoms with van der Waals surface area (Å²) in [5, 5.41) is 2.60. The van der Waals surface area contributed by atoms with E-state index in [2.05, 4.69) is 243 Å². The van der Waals surface area contributed by atoms with Crippen molar-refractivity contribution >= 4 is 31.5 Å². The first-order valence-corrected chi connectivity index (χ1v) is 23.9. The summed E-state index contributed by atoms with van der Waals surface area (Å²) >= 11 is 1.86. The number of rotatable bonds is 8. The standard InChI is InChI=1S/C64H41N3S/c1-4-17-42(18-5-1)43-33-35-44(36-34-43)61-65-62(48-22-15-20-46(40-48)45-19-14-21-47(39-45)52-29-16-30-56-55-28-11-13-32-59(55)68-60(52)56)67-63(66-61)49-37-38-54-53-27-10-12-31-57(53)64(58(54)41-49,50-23-6-2-7-24-50)51-25-8-3-9-26-51/h1-41H. The number of hydrogen-bond acceptors (Lipinski definition) is 4. The maximum absolute atomic E-state index is 5.37. The van der Waals surface area contributed by atoms with E-state index >= 15 is 0 Å². The van der Waals surface area contributed by atoms with Gasteiger partial charge in [-0.15, -0.1) is 11.3 Å². The summed E-state index contributed by atoms with van der Waals surface area (Å²) < 4.78 is 2.61. The molecule has 2 aromatic heterocycles. The minimum Gasteiger partial charge on any atom is -0.208 e. The Hall–Kier alpha value is -8.57.